The Morgan fingerprint density at radius 2 is 0.805 bits per heavy atom. The summed E-state index contributed by atoms with van der Waals surface area (Å²) in [4.78, 5) is 0. The van der Waals surface area contributed by atoms with Crippen molar-refractivity contribution in [2.45, 2.75) is 25.9 Å². The van der Waals surface area contributed by atoms with Crippen LogP contribution in [0.4, 0.5) is 0 Å². The van der Waals surface area contributed by atoms with Crippen LogP contribution in [0.1, 0.15) is 47.2 Å². The SMILES string of the molecule is C#Cc1ccc(C#CC2=C(c3ccccc3)C(c3ccccc3)=C(C#Cc3ccc(C#C)cc3)[Si]2(CC)CC)cc1. The van der Waals surface area contributed by atoms with Crippen LogP contribution in [0.25, 0.3) is 11.1 Å². The Kier molecular flexibility index (Phi) is 8.24. The Morgan fingerprint density at radius 1 is 0.463 bits per heavy atom. The third kappa shape index (κ3) is 5.47. The first kappa shape index (κ1) is 27.4. The van der Waals surface area contributed by atoms with Gasteiger partial charge in [-0.05, 0) is 70.8 Å². The molecule has 0 N–H and O–H groups in total. The number of allylic oxidation sites excluding steroid dienone is 4. The van der Waals surface area contributed by atoms with Crippen LogP contribution >= 0.6 is 0 Å². The van der Waals surface area contributed by atoms with Crippen LogP contribution in [0.2, 0.25) is 12.1 Å². The van der Waals surface area contributed by atoms with Gasteiger partial charge in [-0.25, -0.2) is 0 Å². The highest BCUT2D eigenvalue weighted by Crippen LogP contribution is 2.51. The summed E-state index contributed by atoms with van der Waals surface area (Å²) in [5.74, 6) is 19.9. The van der Waals surface area contributed by atoms with Crippen LogP contribution in [0.15, 0.2) is 120 Å². The maximum Gasteiger partial charge on any atom is 0.140 e. The molecule has 0 spiro atoms. The molecule has 4 aromatic carbocycles. The van der Waals surface area contributed by atoms with Crippen molar-refractivity contribution in [3.05, 3.63) is 153 Å². The Bertz CT molecular complexity index is 1690. The van der Waals surface area contributed by atoms with Gasteiger partial charge in [0.1, 0.15) is 8.07 Å². The van der Waals surface area contributed by atoms with E-state index in [-0.39, 0.29) is 0 Å². The van der Waals surface area contributed by atoms with Crippen molar-refractivity contribution in [2.24, 2.45) is 0 Å². The summed E-state index contributed by atoms with van der Waals surface area (Å²) in [6.07, 6.45) is 11.2. The second kappa shape index (κ2) is 12.3. The maximum atomic E-state index is 5.58. The van der Waals surface area contributed by atoms with Gasteiger partial charge in [-0.3, -0.25) is 0 Å². The van der Waals surface area contributed by atoms with Crippen molar-refractivity contribution in [3.63, 3.8) is 0 Å². The Balaban J connectivity index is 1.80. The molecule has 0 saturated heterocycles. The quantitative estimate of drug-likeness (QED) is 0.180. The van der Waals surface area contributed by atoms with Crippen LogP contribution < -0.4 is 0 Å². The van der Waals surface area contributed by atoms with Crippen molar-refractivity contribution in [1.29, 1.82) is 0 Å². The molecule has 0 fully saturated rings. The third-order valence-corrected chi connectivity index (χ3v) is 12.9. The molecule has 0 atom stereocenters. The van der Waals surface area contributed by atoms with Gasteiger partial charge in [0.25, 0.3) is 0 Å². The monoisotopic (exact) mass is 538 g/mol. The minimum atomic E-state index is -2.33. The number of hydrogen-bond donors (Lipinski definition) is 0. The van der Waals surface area contributed by atoms with Gasteiger partial charge in [0.15, 0.2) is 0 Å². The molecule has 194 valence electrons. The zero-order valence-electron chi connectivity index (χ0n) is 23.5. The molecular weight excluding hydrogens is 509 g/mol. The van der Waals surface area contributed by atoms with E-state index in [1.807, 2.05) is 48.5 Å². The lowest BCUT2D eigenvalue weighted by Gasteiger charge is -2.27. The van der Waals surface area contributed by atoms with Crippen LogP contribution in [-0.4, -0.2) is 8.07 Å². The molecule has 1 aliphatic rings. The maximum absolute atomic E-state index is 5.58. The summed E-state index contributed by atoms with van der Waals surface area (Å²) < 4.78 is 0. The van der Waals surface area contributed by atoms with E-state index in [9.17, 15) is 0 Å². The number of benzene rings is 4. The zero-order valence-corrected chi connectivity index (χ0v) is 24.5. The summed E-state index contributed by atoms with van der Waals surface area (Å²) in [7, 11) is -2.33. The summed E-state index contributed by atoms with van der Waals surface area (Å²) in [6, 6.07) is 39.2. The number of rotatable bonds is 4. The lowest BCUT2D eigenvalue weighted by atomic mass is 9.91. The van der Waals surface area contributed by atoms with Gasteiger partial charge in [0.05, 0.1) is 0 Å². The van der Waals surface area contributed by atoms with Crippen molar-refractivity contribution in [3.8, 4) is 48.4 Å². The van der Waals surface area contributed by atoms with Gasteiger partial charge < -0.3 is 0 Å². The fraction of sp³-hybridized carbons (Fsp3) is 0.100. The molecule has 0 saturated carbocycles. The zero-order chi connectivity index (χ0) is 28.7. The molecule has 1 heterocycles. The van der Waals surface area contributed by atoms with Gasteiger partial charge >= 0.3 is 0 Å². The molecule has 0 nitrogen and oxygen atoms in total. The number of terminal acetylenes is 2. The van der Waals surface area contributed by atoms with Gasteiger partial charge in [-0.15, -0.1) is 12.8 Å². The van der Waals surface area contributed by atoms with Crippen molar-refractivity contribution in [2.75, 3.05) is 0 Å². The third-order valence-electron chi connectivity index (χ3n) is 7.81. The van der Waals surface area contributed by atoms with Crippen LogP contribution in [0.5, 0.6) is 0 Å². The molecule has 1 aliphatic heterocycles. The standard InChI is InChI=1S/C40H30Si/c1-5-31-19-23-33(24-20-31)27-29-37-39(35-15-11-9-12-16-35)40(36-17-13-10-14-18-36)38(41(37,7-3)8-4)30-28-34-25-21-32(6-2)22-26-34/h1-2,9-26H,7-8H2,3-4H3. The minimum Gasteiger partial charge on any atom is -0.115 e. The molecule has 4 aromatic rings. The van der Waals surface area contributed by atoms with E-state index in [0.717, 1.165) is 34.3 Å². The highest BCUT2D eigenvalue weighted by atomic mass is 28.3. The molecule has 41 heavy (non-hydrogen) atoms. The van der Waals surface area contributed by atoms with E-state index in [4.69, 9.17) is 12.8 Å². The molecule has 0 radical (unpaired) electrons. The smallest absolute Gasteiger partial charge is 0.115 e. The first-order valence-electron chi connectivity index (χ1n) is 13.9. The van der Waals surface area contributed by atoms with E-state index in [2.05, 4.69) is 110 Å². The first-order chi connectivity index (χ1) is 20.1. The average molecular weight is 539 g/mol. The molecule has 0 amide bonds. The Hall–Kier alpha value is -5.18. The second-order valence-corrected chi connectivity index (χ2v) is 14.5. The summed E-state index contributed by atoms with van der Waals surface area (Å²) in [6.45, 7) is 4.61. The van der Waals surface area contributed by atoms with Gasteiger partial charge in [0.2, 0.25) is 0 Å². The predicted molar refractivity (Wildman–Crippen MR) is 176 cm³/mol. The lowest BCUT2D eigenvalue weighted by Crippen LogP contribution is -2.36. The van der Waals surface area contributed by atoms with Crippen molar-refractivity contribution >= 4 is 19.2 Å². The molecule has 0 unspecified atom stereocenters. The molecular formula is C40H30Si. The van der Waals surface area contributed by atoms with Crippen LogP contribution in [0, 0.1) is 48.4 Å². The Labute approximate surface area is 245 Å². The summed E-state index contributed by atoms with van der Waals surface area (Å²) >= 11 is 0. The van der Waals surface area contributed by atoms with Gasteiger partial charge in [-0.2, -0.15) is 0 Å². The predicted octanol–water partition coefficient (Wildman–Crippen LogP) is 8.54. The van der Waals surface area contributed by atoms with Gasteiger partial charge in [0, 0.05) is 32.6 Å². The minimum absolute atomic E-state index is 0.854. The van der Waals surface area contributed by atoms with E-state index in [1.54, 1.807) is 0 Å². The fourth-order valence-electron chi connectivity index (χ4n) is 5.53. The lowest BCUT2D eigenvalue weighted by molar-refractivity contribution is 1.27. The summed E-state index contributed by atoms with van der Waals surface area (Å²) in [5, 5.41) is 2.50. The fourth-order valence-corrected chi connectivity index (χ4v) is 9.79. The summed E-state index contributed by atoms with van der Waals surface area (Å²) in [5.41, 5.74) is 8.39. The normalized spacial score (nSPS) is 13.4. The topological polar surface area (TPSA) is 0 Å². The molecule has 0 aliphatic carbocycles. The average Bonchev–Trinajstić information content (AvgIpc) is 3.33. The van der Waals surface area contributed by atoms with E-state index < -0.39 is 8.07 Å². The molecule has 5 rings (SSSR count). The van der Waals surface area contributed by atoms with E-state index >= 15 is 0 Å². The molecule has 1 heteroatoms. The highest BCUT2D eigenvalue weighted by Gasteiger charge is 2.46. The molecule has 0 bridgehead atoms. The van der Waals surface area contributed by atoms with Crippen molar-refractivity contribution in [1.82, 2.24) is 0 Å². The first-order valence-corrected chi connectivity index (χ1v) is 16.3. The van der Waals surface area contributed by atoms with Gasteiger partial charge in [-0.1, -0.05) is 122 Å². The van der Waals surface area contributed by atoms with Crippen LogP contribution in [-0.2, 0) is 0 Å². The van der Waals surface area contributed by atoms with E-state index in [0.29, 0.717) is 0 Å². The second-order valence-electron chi connectivity index (χ2n) is 9.96. The molecule has 0 aromatic heterocycles. The van der Waals surface area contributed by atoms with E-state index in [1.165, 1.54) is 32.7 Å². The van der Waals surface area contributed by atoms with Crippen LogP contribution in [0.3, 0.4) is 0 Å². The Morgan fingerprint density at radius 3 is 1.12 bits per heavy atom. The highest BCUT2D eigenvalue weighted by molar-refractivity contribution is 6.98. The number of hydrogen-bond acceptors (Lipinski definition) is 0. The largest absolute Gasteiger partial charge is 0.140 e. The van der Waals surface area contributed by atoms with Crippen molar-refractivity contribution < 1.29 is 0 Å².